The van der Waals surface area contributed by atoms with Crippen LogP contribution in [0.25, 0.3) is 0 Å². The van der Waals surface area contributed by atoms with Gasteiger partial charge in [0.05, 0.1) is 5.01 Å². The standard InChI is InChI=1S/C9H12F2N2S/c10-9(11)7-5-14-8(13-7)3-6-1-2-12-4-6/h5-6,9,12H,1-4H2. The highest BCUT2D eigenvalue weighted by molar-refractivity contribution is 7.09. The summed E-state index contributed by atoms with van der Waals surface area (Å²) in [6, 6.07) is 0. The minimum absolute atomic E-state index is 0.0732. The van der Waals surface area contributed by atoms with Crippen LogP contribution in [0.3, 0.4) is 0 Å². The third kappa shape index (κ3) is 2.27. The summed E-state index contributed by atoms with van der Waals surface area (Å²) in [5.74, 6) is 0.576. The molecule has 0 radical (unpaired) electrons. The number of aromatic nitrogens is 1. The van der Waals surface area contributed by atoms with Gasteiger partial charge in [0.25, 0.3) is 6.43 Å². The largest absolute Gasteiger partial charge is 0.316 e. The van der Waals surface area contributed by atoms with Crippen LogP contribution >= 0.6 is 11.3 Å². The van der Waals surface area contributed by atoms with Gasteiger partial charge in [-0.2, -0.15) is 0 Å². The predicted octanol–water partition coefficient (Wildman–Crippen LogP) is 2.23. The molecule has 1 unspecified atom stereocenters. The SMILES string of the molecule is FC(F)c1csc(CC2CCNC2)n1. The zero-order chi connectivity index (χ0) is 9.97. The predicted molar refractivity (Wildman–Crippen MR) is 51.8 cm³/mol. The molecule has 1 aromatic heterocycles. The average molecular weight is 218 g/mol. The molecular weight excluding hydrogens is 206 g/mol. The van der Waals surface area contributed by atoms with Crippen LogP contribution in [0.5, 0.6) is 0 Å². The number of nitrogens with one attached hydrogen (secondary N) is 1. The topological polar surface area (TPSA) is 24.9 Å². The van der Waals surface area contributed by atoms with Crippen LogP contribution in [-0.2, 0) is 6.42 Å². The molecule has 78 valence electrons. The zero-order valence-corrected chi connectivity index (χ0v) is 8.49. The fraction of sp³-hybridized carbons (Fsp3) is 0.667. The molecular formula is C9H12F2N2S. The third-order valence-corrected chi connectivity index (χ3v) is 3.31. The highest BCUT2D eigenvalue weighted by Gasteiger charge is 2.18. The first-order chi connectivity index (χ1) is 6.75. The molecule has 0 amide bonds. The van der Waals surface area contributed by atoms with Crippen molar-refractivity contribution >= 4 is 11.3 Å². The fourth-order valence-corrected chi connectivity index (χ4v) is 2.56. The second-order valence-corrected chi connectivity index (χ2v) is 4.47. The van der Waals surface area contributed by atoms with Gasteiger partial charge < -0.3 is 5.32 Å². The molecule has 1 fully saturated rings. The number of halogens is 2. The lowest BCUT2D eigenvalue weighted by Gasteiger charge is -2.03. The van der Waals surface area contributed by atoms with Crippen LogP contribution in [-0.4, -0.2) is 18.1 Å². The molecule has 5 heteroatoms. The van der Waals surface area contributed by atoms with E-state index in [0.717, 1.165) is 30.9 Å². The third-order valence-electron chi connectivity index (χ3n) is 2.42. The zero-order valence-electron chi connectivity index (χ0n) is 7.67. The molecule has 1 aliphatic rings. The lowest BCUT2D eigenvalue weighted by Crippen LogP contribution is -2.10. The van der Waals surface area contributed by atoms with Crippen molar-refractivity contribution in [2.24, 2.45) is 5.92 Å². The Morgan fingerprint density at radius 3 is 3.07 bits per heavy atom. The van der Waals surface area contributed by atoms with Crippen molar-refractivity contribution < 1.29 is 8.78 Å². The van der Waals surface area contributed by atoms with E-state index in [0.29, 0.717) is 5.92 Å². The summed E-state index contributed by atoms with van der Waals surface area (Å²) in [6.45, 7) is 2.03. The highest BCUT2D eigenvalue weighted by Crippen LogP contribution is 2.23. The van der Waals surface area contributed by atoms with E-state index >= 15 is 0 Å². The maximum absolute atomic E-state index is 12.2. The van der Waals surface area contributed by atoms with Crippen LogP contribution in [0.4, 0.5) is 8.78 Å². The Morgan fingerprint density at radius 2 is 2.50 bits per heavy atom. The van der Waals surface area contributed by atoms with Gasteiger partial charge in [0, 0.05) is 11.8 Å². The lowest BCUT2D eigenvalue weighted by atomic mass is 10.1. The minimum atomic E-state index is -2.43. The van der Waals surface area contributed by atoms with Gasteiger partial charge in [-0.25, -0.2) is 13.8 Å². The maximum Gasteiger partial charge on any atom is 0.281 e. The Bertz CT molecular complexity index is 295. The summed E-state index contributed by atoms with van der Waals surface area (Å²) in [5.41, 5.74) is -0.0732. The molecule has 1 saturated heterocycles. The molecule has 0 spiro atoms. The minimum Gasteiger partial charge on any atom is -0.316 e. The van der Waals surface area contributed by atoms with Gasteiger partial charge in [-0.1, -0.05) is 0 Å². The summed E-state index contributed by atoms with van der Waals surface area (Å²) in [6.07, 6.45) is -0.463. The molecule has 0 aliphatic carbocycles. The molecule has 1 atom stereocenters. The van der Waals surface area contributed by atoms with Crippen LogP contribution in [0.1, 0.15) is 23.5 Å². The van der Waals surface area contributed by atoms with E-state index in [9.17, 15) is 8.78 Å². The van der Waals surface area contributed by atoms with E-state index in [1.54, 1.807) is 0 Å². The van der Waals surface area contributed by atoms with E-state index < -0.39 is 6.43 Å². The number of nitrogens with zero attached hydrogens (tertiary/aromatic N) is 1. The van der Waals surface area contributed by atoms with E-state index in [2.05, 4.69) is 10.3 Å². The molecule has 2 rings (SSSR count). The Labute approximate surface area is 85.4 Å². The van der Waals surface area contributed by atoms with Crippen LogP contribution in [0, 0.1) is 5.92 Å². The van der Waals surface area contributed by atoms with Crippen molar-refractivity contribution in [2.45, 2.75) is 19.3 Å². The number of thiazole rings is 1. The summed E-state index contributed by atoms with van der Waals surface area (Å²) < 4.78 is 24.5. The monoisotopic (exact) mass is 218 g/mol. The summed E-state index contributed by atoms with van der Waals surface area (Å²) in [7, 11) is 0. The van der Waals surface area contributed by atoms with Gasteiger partial charge >= 0.3 is 0 Å². The second kappa shape index (κ2) is 4.31. The molecule has 0 bridgehead atoms. The van der Waals surface area contributed by atoms with Gasteiger partial charge in [0.2, 0.25) is 0 Å². The summed E-state index contributed by atoms with van der Waals surface area (Å²) >= 11 is 1.35. The van der Waals surface area contributed by atoms with Gasteiger partial charge in [-0.3, -0.25) is 0 Å². The molecule has 0 aromatic carbocycles. The first-order valence-corrected chi connectivity index (χ1v) is 5.57. The molecule has 1 N–H and O–H groups in total. The number of hydrogen-bond donors (Lipinski definition) is 1. The lowest BCUT2D eigenvalue weighted by molar-refractivity contribution is 0.146. The van der Waals surface area contributed by atoms with Gasteiger partial charge in [0.15, 0.2) is 0 Å². The number of hydrogen-bond acceptors (Lipinski definition) is 3. The van der Waals surface area contributed by atoms with Gasteiger partial charge in [-0.15, -0.1) is 11.3 Å². The van der Waals surface area contributed by atoms with Crippen molar-refractivity contribution in [3.63, 3.8) is 0 Å². The van der Waals surface area contributed by atoms with Crippen molar-refractivity contribution in [3.05, 3.63) is 16.1 Å². The molecule has 0 saturated carbocycles. The van der Waals surface area contributed by atoms with Gasteiger partial charge in [0.1, 0.15) is 5.69 Å². The van der Waals surface area contributed by atoms with E-state index in [-0.39, 0.29) is 5.69 Å². The van der Waals surface area contributed by atoms with Crippen LogP contribution < -0.4 is 5.32 Å². The Hall–Kier alpha value is -0.550. The van der Waals surface area contributed by atoms with Crippen molar-refractivity contribution in [3.8, 4) is 0 Å². The van der Waals surface area contributed by atoms with Crippen LogP contribution in [0.2, 0.25) is 0 Å². The van der Waals surface area contributed by atoms with E-state index in [4.69, 9.17) is 0 Å². The number of rotatable bonds is 3. The first-order valence-electron chi connectivity index (χ1n) is 4.69. The van der Waals surface area contributed by atoms with Crippen LogP contribution in [0.15, 0.2) is 5.38 Å². The van der Waals surface area contributed by atoms with Gasteiger partial charge in [-0.05, 0) is 25.4 Å². The molecule has 1 aromatic rings. The number of alkyl halides is 2. The molecule has 2 heterocycles. The van der Waals surface area contributed by atoms with Crippen molar-refractivity contribution in [1.82, 2.24) is 10.3 Å². The quantitative estimate of drug-likeness (QED) is 0.841. The van der Waals surface area contributed by atoms with Crippen molar-refractivity contribution in [1.29, 1.82) is 0 Å². The average Bonchev–Trinajstić information content (AvgIpc) is 2.75. The first kappa shape index (κ1) is 9.98. The fourth-order valence-electron chi connectivity index (χ4n) is 1.65. The summed E-state index contributed by atoms with van der Waals surface area (Å²) in [4.78, 5) is 3.91. The van der Waals surface area contributed by atoms with Crippen molar-refractivity contribution in [2.75, 3.05) is 13.1 Å². The smallest absolute Gasteiger partial charge is 0.281 e. The molecule has 14 heavy (non-hydrogen) atoms. The normalized spacial score (nSPS) is 22.1. The summed E-state index contributed by atoms with van der Waals surface area (Å²) in [5, 5.41) is 5.55. The second-order valence-electron chi connectivity index (χ2n) is 3.53. The Balaban J connectivity index is 1.95. The Kier molecular flexibility index (Phi) is 3.08. The van der Waals surface area contributed by atoms with E-state index in [1.165, 1.54) is 16.7 Å². The molecule has 1 aliphatic heterocycles. The van der Waals surface area contributed by atoms with E-state index in [1.807, 2.05) is 0 Å². The maximum atomic E-state index is 12.2. The Morgan fingerprint density at radius 1 is 1.64 bits per heavy atom. The molecule has 2 nitrogen and oxygen atoms in total. The highest BCUT2D eigenvalue weighted by atomic mass is 32.1.